The molecule has 1 saturated heterocycles. The number of nitrogens with one attached hydrogen (secondary N) is 1. The van der Waals surface area contributed by atoms with E-state index < -0.39 is 0 Å². The molecule has 2 heterocycles. The molecule has 2 aliphatic rings. The molecule has 4 rings (SSSR count). The van der Waals surface area contributed by atoms with Crippen LogP contribution in [0.15, 0.2) is 29.4 Å². The molecule has 0 radical (unpaired) electrons. The summed E-state index contributed by atoms with van der Waals surface area (Å²) in [6.07, 6.45) is 4.63. The Labute approximate surface area is 155 Å². The third kappa shape index (κ3) is 4.24. The zero-order valence-corrected chi connectivity index (χ0v) is 15.2. The molecule has 1 aromatic heterocycles. The summed E-state index contributed by atoms with van der Waals surface area (Å²) in [7, 11) is 0. The third-order valence-corrected chi connectivity index (χ3v) is 5.51. The number of ether oxygens (including phenoxy) is 1. The zero-order chi connectivity index (χ0) is 17.9. The fraction of sp³-hybridized carbons (Fsp3) is 0.500. The van der Waals surface area contributed by atoms with Crippen LogP contribution in [-0.4, -0.2) is 39.1 Å². The Balaban J connectivity index is 1.40. The van der Waals surface area contributed by atoms with Gasteiger partial charge in [-0.1, -0.05) is 17.8 Å². The number of aromatic nitrogens is 3. The molecule has 0 bridgehead atoms. The second kappa shape index (κ2) is 7.75. The van der Waals surface area contributed by atoms with Crippen molar-refractivity contribution in [3.63, 3.8) is 0 Å². The van der Waals surface area contributed by atoms with Crippen LogP contribution < -0.4 is 5.32 Å². The molecule has 1 N–H and O–H groups in total. The Morgan fingerprint density at radius 1 is 1.35 bits per heavy atom. The minimum absolute atomic E-state index is 0.194. The second-order valence-electron chi connectivity index (χ2n) is 6.71. The van der Waals surface area contributed by atoms with Crippen LogP contribution in [0.2, 0.25) is 0 Å². The number of hydrogen-bond donors (Lipinski definition) is 1. The first kappa shape index (κ1) is 17.5. The third-order valence-electron chi connectivity index (χ3n) is 4.54. The largest absolute Gasteiger partial charge is 0.376 e. The molecule has 2 aromatic rings. The average molecular weight is 376 g/mol. The molecular weight excluding hydrogens is 355 g/mol. The predicted octanol–water partition coefficient (Wildman–Crippen LogP) is 3.20. The van der Waals surface area contributed by atoms with E-state index in [0.29, 0.717) is 11.6 Å². The maximum Gasteiger partial charge on any atom is 0.234 e. The highest BCUT2D eigenvalue weighted by Gasteiger charge is 2.31. The SMILES string of the molecule is O=C(CSc1nnc(C2CC2)n1C[C@H]1CCCO1)Nc1cccc(F)c1. The molecule has 0 spiro atoms. The van der Waals surface area contributed by atoms with Crippen LogP contribution in [0.4, 0.5) is 10.1 Å². The summed E-state index contributed by atoms with van der Waals surface area (Å²) in [4.78, 5) is 12.2. The van der Waals surface area contributed by atoms with Gasteiger partial charge in [-0.15, -0.1) is 10.2 Å². The summed E-state index contributed by atoms with van der Waals surface area (Å²) in [5, 5.41) is 12.1. The van der Waals surface area contributed by atoms with Crippen LogP contribution in [0.25, 0.3) is 0 Å². The van der Waals surface area contributed by atoms with E-state index in [9.17, 15) is 9.18 Å². The molecule has 1 atom stereocenters. The van der Waals surface area contributed by atoms with Crippen molar-refractivity contribution in [3.8, 4) is 0 Å². The highest BCUT2D eigenvalue weighted by atomic mass is 32.2. The summed E-state index contributed by atoms with van der Waals surface area (Å²) in [5.41, 5.74) is 0.454. The van der Waals surface area contributed by atoms with Crippen molar-refractivity contribution in [2.75, 3.05) is 17.7 Å². The van der Waals surface area contributed by atoms with Crippen molar-refractivity contribution in [2.24, 2.45) is 0 Å². The molecule has 0 unspecified atom stereocenters. The lowest BCUT2D eigenvalue weighted by Crippen LogP contribution is -2.19. The minimum Gasteiger partial charge on any atom is -0.376 e. The molecule has 138 valence electrons. The topological polar surface area (TPSA) is 69.0 Å². The zero-order valence-electron chi connectivity index (χ0n) is 14.4. The lowest BCUT2D eigenvalue weighted by atomic mass is 10.2. The Morgan fingerprint density at radius 3 is 2.96 bits per heavy atom. The van der Waals surface area contributed by atoms with Crippen molar-refractivity contribution < 1.29 is 13.9 Å². The van der Waals surface area contributed by atoms with E-state index in [4.69, 9.17) is 4.74 Å². The normalized spacial score (nSPS) is 19.7. The second-order valence-corrected chi connectivity index (χ2v) is 7.65. The van der Waals surface area contributed by atoms with Gasteiger partial charge in [-0.25, -0.2) is 4.39 Å². The minimum atomic E-state index is -0.374. The molecule has 1 aliphatic carbocycles. The quantitative estimate of drug-likeness (QED) is 0.752. The Bertz CT molecular complexity index is 787. The fourth-order valence-electron chi connectivity index (χ4n) is 3.11. The number of halogens is 1. The van der Waals surface area contributed by atoms with Gasteiger partial charge in [0.1, 0.15) is 11.6 Å². The summed E-state index contributed by atoms with van der Waals surface area (Å²) < 4.78 is 21.1. The van der Waals surface area contributed by atoms with E-state index in [1.807, 2.05) is 0 Å². The van der Waals surface area contributed by atoms with Gasteiger partial charge in [0.2, 0.25) is 5.91 Å². The van der Waals surface area contributed by atoms with Crippen molar-refractivity contribution >= 4 is 23.4 Å². The monoisotopic (exact) mass is 376 g/mol. The van der Waals surface area contributed by atoms with Crippen LogP contribution in [0.5, 0.6) is 0 Å². The van der Waals surface area contributed by atoms with Crippen molar-refractivity contribution in [2.45, 2.75) is 49.4 Å². The van der Waals surface area contributed by atoms with Gasteiger partial charge in [0.25, 0.3) is 0 Å². The lowest BCUT2D eigenvalue weighted by molar-refractivity contribution is -0.113. The molecule has 1 amide bonds. The van der Waals surface area contributed by atoms with Gasteiger partial charge in [0, 0.05) is 18.2 Å². The Hall–Kier alpha value is -1.93. The smallest absolute Gasteiger partial charge is 0.234 e. The first-order valence-electron chi connectivity index (χ1n) is 8.92. The maximum atomic E-state index is 13.2. The summed E-state index contributed by atoms with van der Waals surface area (Å²) in [6.45, 7) is 1.55. The maximum absolute atomic E-state index is 13.2. The molecule has 1 saturated carbocycles. The molecule has 26 heavy (non-hydrogen) atoms. The number of anilines is 1. The highest BCUT2D eigenvalue weighted by molar-refractivity contribution is 7.99. The Morgan fingerprint density at radius 2 is 2.23 bits per heavy atom. The standard InChI is InChI=1S/C18H21FN4O2S/c19-13-3-1-4-14(9-13)20-16(24)11-26-18-22-21-17(12-6-7-12)23(18)10-15-5-2-8-25-15/h1,3-4,9,12,15H,2,5-8,10-11H2,(H,20,24)/t15-/m1/s1. The lowest BCUT2D eigenvalue weighted by Gasteiger charge is -2.14. The van der Waals surface area contributed by atoms with Crippen molar-refractivity contribution in [1.29, 1.82) is 0 Å². The van der Waals surface area contributed by atoms with Gasteiger partial charge in [0.05, 0.1) is 18.4 Å². The van der Waals surface area contributed by atoms with E-state index in [1.165, 1.54) is 23.9 Å². The first-order valence-corrected chi connectivity index (χ1v) is 9.90. The van der Waals surface area contributed by atoms with Crippen LogP contribution in [0.1, 0.15) is 37.4 Å². The van der Waals surface area contributed by atoms with E-state index in [-0.39, 0.29) is 23.6 Å². The number of carbonyl (C=O) groups is 1. The number of thioether (sulfide) groups is 1. The van der Waals surface area contributed by atoms with Gasteiger partial charge >= 0.3 is 0 Å². The van der Waals surface area contributed by atoms with E-state index in [0.717, 1.165) is 49.8 Å². The average Bonchev–Trinajstić information content (AvgIpc) is 3.18. The molecular formula is C18H21FN4O2S. The van der Waals surface area contributed by atoms with Crippen LogP contribution in [0, 0.1) is 5.82 Å². The van der Waals surface area contributed by atoms with E-state index >= 15 is 0 Å². The number of carbonyl (C=O) groups excluding carboxylic acids is 1. The van der Waals surface area contributed by atoms with Crippen molar-refractivity contribution in [3.05, 3.63) is 35.9 Å². The Kier molecular flexibility index (Phi) is 5.21. The molecule has 6 nitrogen and oxygen atoms in total. The summed E-state index contributed by atoms with van der Waals surface area (Å²) in [5.74, 6) is 1.12. The summed E-state index contributed by atoms with van der Waals surface area (Å²) in [6, 6.07) is 5.88. The number of benzene rings is 1. The van der Waals surface area contributed by atoms with Crippen LogP contribution >= 0.6 is 11.8 Å². The molecule has 8 heteroatoms. The van der Waals surface area contributed by atoms with Gasteiger partial charge in [-0.2, -0.15) is 0 Å². The predicted molar refractivity (Wildman–Crippen MR) is 96.7 cm³/mol. The number of nitrogens with zero attached hydrogens (tertiary/aromatic N) is 3. The van der Waals surface area contributed by atoms with Gasteiger partial charge in [-0.05, 0) is 43.9 Å². The molecule has 2 fully saturated rings. The van der Waals surface area contributed by atoms with E-state index in [1.54, 1.807) is 12.1 Å². The van der Waals surface area contributed by atoms with Gasteiger partial charge in [0.15, 0.2) is 5.16 Å². The fourth-order valence-corrected chi connectivity index (χ4v) is 3.86. The molecule has 1 aliphatic heterocycles. The summed E-state index contributed by atoms with van der Waals surface area (Å²) >= 11 is 1.36. The highest BCUT2D eigenvalue weighted by Crippen LogP contribution is 2.40. The van der Waals surface area contributed by atoms with Gasteiger partial charge in [-0.3, -0.25) is 4.79 Å². The van der Waals surface area contributed by atoms with Crippen LogP contribution in [0.3, 0.4) is 0 Å². The van der Waals surface area contributed by atoms with Gasteiger partial charge < -0.3 is 14.6 Å². The van der Waals surface area contributed by atoms with Crippen LogP contribution in [-0.2, 0) is 16.1 Å². The number of amides is 1. The van der Waals surface area contributed by atoms with Crippen molar-refractivity contribution in [1.82, 2.24) is 14.8 Å². The first-order chi connectivity index (χ1) is 12.7. The molecule has 1 aromatic carbocycles. The number of rotatable bonds is 7. The number of hydrogen-bond acceptors (Lipinski definition) is 5. The van der Waals surface area contributed by atoms with E-state index in [2.05, 4.69) is 20.1 Å².